The van der Waals surface area contributed by atoms with Crippen LogP contribution in [0.15, 0.2) is 0 Å². The molecule has 1 amide bonds. The number of amides is 1. The monoisotopic (exact) mass is 552 g/mol. The van der Waals surface area contributed by atoms with Gasteiger partial charge in [0.05, 0.1) is 39.5 Å². The summed E-state index contributed by atoms with van der Waals surface area (Å²) in [6, 6.07) is 0. The van der Waals surface area contributed by atoms with Crippen molar-refractivity contribution in [1.82, 2.24) is 10.2 Å². The molecule has 0 atom stereocenters. The lowest BCUT2D eigenvalue weighted by Crippen LogP contribution is -2.40. The highest BCUT2D eigenvalue weighted by atomic mass is 16.5. The van der Waals surface area contributed by atoms with Crippen LogP contribution in [0.1, 0.15) is 74.7 Å². The molecule has 0 fully saturated rings. The zero-order chi connectivity index (χ0) is 29.1. The Bertz CT molecular complexity index is 632. The average molecular weight is 553 g/mol. The molecule has 0 saturated heterocycles. The molecule has 0 bridgehead atoms. The van der Waals surface area contributed by atoms with E-state index in [0.717, 1.165) is 6.42 Å². The summed E-state index contributed by atoms with van der Waals surface area (Å²) >= 11 is 0. The molecule has 0 aromatic rings. The minimum absolute atomic E-state index is 0. The maximum atomic E-state index is 11.7. The van der Waals surface area contributed by atoms with Gasteiger partial charge >= 0.3 is 29.8 Å². The minimum atomic E-state index is -0.711. The van der Waals surface area contributed by atoms with Gasteiger partial charge in [-0.3, -0.25) is 34.1 Å². The molecule has 2 N–H and O–H groups in total. The van der Waals surface area contributed by atoms with E-state index in [1.807, 2.05) is 13.8 Å². The van der Waals surface area contributed by atoms with Crippen molar-refractivity contribution in [1.29, 1.82) is 0 Å². The predicted molar refractivity (Wildman–Crippen MR) is 140 cm³/mol. The molecular weight excluding hydrogens is 504 g/mol. The summed E-state index contributed by atoms with van der Waals surface area (Å²) in [6.07, 6.45) is 1.97. The lowest BCUT2D eigenvalue weighted by molar-refractivity contribution is -0.154. The zero-order valence-corrected chi connectivity index (χ0v) is 23.0. The van der Waals surface area contributed by atoms with Gasteiger partial charge in [-0.1, -0.05) is 21.3 Å². The quantitative estimate of drug-likeness (QED) is 0.211. The summed E-state index contributed by atoms with van der Waals surface area (Å²) in [7, 11) is 0. The van der Waals surface area contributed by atoms with E-state index < -0.39 is 17.9 Å². The second-order valence-electron chi connectivity index (χ2n) is 6.97. The van der Waals surface area contributed by atoms with Gasteiger partial charge in [-0.15, -0.1) is 0 Å². The van der Waals surface area contributed by atoms with Crippen molar-refractivity contribution >= 4 is 35.8 Å². The molecule has 13 heteroatoms. The van der Waals surface area contributed by atoms with Crippen LogP contribution in [0.2, 0.25) is 0 Å². The number of carboxylic acid groups (broad SMARTS) is 1. The van der Waals surface area contributed by atoms with Crippen molar-refractivity contribution in [3.8, 4) is 0 Å². The SMILES string of the molecule is C.CCCC(=O)N(CC(=O)OCC)CC(=O)OCC.CCCC(=O)O.CCOC(=O)CNCC(=O)OCC. The highest BCUT2D eigenvalue weighted by molar-refractivity contribution is 5.86. The second-order valence-corrected chi connectivity index (χ2v) is 6.97. The van der Waals surface area contributed by atoms with Crippen LogP contribution < -0.4 is 5.32 Å². The maximum Gasteiger partial charge on any atom is 0.325 e. The van der Waals surface area contributed by atoms with Crippen molar-refractivity contribution in [2.75, 3.05) is 52.6 Å². The van der Waals surface area contributed by atoms with Gasteiger partial charge in [0.15, 0.2) is 0 Å². The smallest absolute Gasteiger partial charge is 0.325 e. The number of aliphatic carboxylic acids is 1. The van der Waals surface area contributed by atoms with E-state index in [1.54, 1.807) is 27.7 Å². The van der Waals surface area contributed by atoms with Gasteiger partial charge in [-0.2, -0.15) is 0 Å². The number of hydrogen-bond donors (Lipinski definition) is 2. The van der Waals surface area contributed by atoms with E-state index in [9.17, 15) is 28.8 Å². The molecule has 0 aliphatic carbocycles. The number of nitrogens with one attached hydrogen (secondary N) is 1. The number of hydrogen-bond acceptors (Lipinski definition) is 11. The summed E-state index contributed by atoms with van der Waals surface area (Å²) in [5.74, 6) is -2.74. The fourth-order valence-corrected chi connectivity index (χ4v) is 2.23. The Kier molecular flexibility index (Phi) is 33.1. The highest BCUT2D eigenvalue weighted by Gasteiger charge is 2.20. The van der Waals surface area contributed by atoms with Crippen LogP contribution >= 0.6 is 0 Å². The van der Waals surface area contributed by atoms with E-state index >= 15 is 0 Å². The number of esters is 4. The zero-order valence-electron chi connectivity index (χ0n) is 23.0. The third-order valence-electron chi connectivity index (χ3n) is 3.68. The van der Waals surface area contributed by atoms with Crippen LogP contribution in [-0.2, 0) is 47.7 Å². The maximum absolute atomic E-state index is 11.7. The molecule has 0 heterocycles. The Morgan fingerprint density at radius 3 is 1.21 bits per heavy atom. The molecule has 0 unspecified atom stereocenters. The fourth-order valence-electron chi connectivity index (χ4n) is 2.23. The van der Waals surface area contributed by atoms with Crippen LogP contribution in [0.5, 0.6) is 0 Å². The van der Waals surface area contributed by atoms with E-state index in [2.05, 4.69) is 14.8 Å². The molecule has 224 valence electrons. The highest BCUT2D eigenvalue weighted by Crippen LogP contribution is 2.00. The van der Waals surface area contributed by atoms with Gasteiger partial charge in [0.2, 0.25) is 5.91 Å². The molecule has 0 aliphatic heterocycles. The molecule has 0 rings (SSSR count). The Morgan fingerprint density at radius 1 is 0.605 bits per heavy atom. The van der Waals surface area contributed by atoms with Crippen molar-refractivity contribution in [3.05, 3.63) is 0 Å². The van der Waals surface area contributed by atoms with Crippen LogP contribution in [0.4, 0.5) is 0 Å². The first-order valence-corrected chi connectivity index (χ1v) is 12.3. The van der Waals surface area contributed by atoms with Gasteiger partial charge < -0.3 is 29.0 Å². The average Bonchev–Trinajstić information content (AvgIpc) is 2.80. The van der Waals surface area contributed by atoms with Crippen LogP contribution in [0.25, 0.3) is 0 Å². The molecule has 0 saturated carbocycles. The lowest BCUT2D eigenvalue weighted by atomic mass is 10.3. The summed E-state index contributed by atoms with van der Waals surface area (Å²) < 4.78 is 18.8. The van der Waals surface area contributed by atoms with Gasteiger partial charge in [0.1, 0.15) is 13.1 Å². The van der Waals surface area contributed by atoms with Crippen molar-refractivity contribution in [3.63, 3.8) is 0 Å². The van der Waals surface area contributed by atoms with E-state index in [4.69, 9.17) is 14.6 Å². The number of ether oxygens (including phenoxy) is 4. The third-order valence-corrected chi connectivity index (χ3v) is 3.68. The predicted octanol–water partition coefficient (Wildman–Crippen LogP) is 1.95. The molecule has 38 heavy (non-hydrogen) atoms. The molecule has 0 radical (unpaired) electrons. The van der Waals surface area contributed by atoms with Crippen molar-refractivity contribution < 1.29 is 52.8 Å². The topological polar surface area (TPSA) is 175 Å². The minimum Gasteiger partial charge on any atom is -0.481 e. The van der Waals surface area contributed by atoms with E-state index in [0.29, 0.717) is 32.5 Å². The third kappa shape index (κ3) is 30.8. The Labute approximate surface area is 226 Å². The molecular formula is C25H48N2O11. The van der Waals surface area contributed by atoms with Crippen LogP contribution in [0, 0.1) is 0 Å². The summed E-state index contributed by atoms with van der Waals surface area (Å²) in [5, 5.41) is 10.5. The van der Waals surface area contributed by atoms with Gasteiger partial charge in [0.25, 0.3) is 0 Å². The summed E-state index contributed by atoms with van der Waals surface area (Å²) in [6.45, 7) is 11.3. The number of rotatable bonds is 16. The lowest BCUT2D eigenvalue weighted by Gasteiger charge is -2.20. The normalized spacial score (nSPS) is 9.11. The first kappa shape index (κ1) is 41.9. The number of carboxylic acids is 1. The van der Waals surface area contributed by atoms with Crippen LogP contribution in [-0.4, -0.2) is 98.4 Å². The first-order valence-electron chi connectivity index (χ1n) is 12.3. The summed E-state index contributed by atoms with van der Waals surface area (Å²) in [4.78, 5) is 66.7. The Hall–Kier alpha value is -3.22. The Morgan fingerprint density at radius 2 is 0.947 bits per heavy atom. The summed E-state index contributed by atoms with van der Waals surface area (Å²) in [5.41, 5.74) is 0. The molecule has 0 aromatic carbocycles. The van der Waals surface area contributed by atoms with E-state index in [-0.39, 0.29) is 64.7 Å². The molecule has 0 spiro atoms. The second kappa shape index (κ2) is 30.0. The number of carbonyl (C=O) groups is 6. The molecule has 0 aromatic heterocycles. The van der Waals surface area contributed by atoms with Crippen molar-refractivity contribution in [2.24, 2.45) is 0 Å². The van der Waals surface area contributed by atoms with Gasteiger partial charge in [-0.25, -0.2) is 0 Å². The van der Waals surface area contributed by atoms with Gasteiger partial charge in [-0.05, 0) is 40.5 Å². The largest absolute Gasteiger partial charge is 0.481 e. The van der Waals surface area contributed by atoms with Crippen molar-refractivity contribution in [2.45, 2.75) is 74.7 Å². The number of carbonyl (C=O) groups excluding carboxylic acids is 5. The van der Waals surface area contributed by atoms with Crippen LogP contribution in [0.3, 0.4) is 0 Å². The molecule has 0 aliphatic rings. The number of nitrogens with zero attached hydrogens (tertiary/aromatic N) is 1. The Balaban J connectivity index is -0.000000253. The standard InChI is InChI=1S/C12H21NO5.C8H15NO4.C4H8O2.CH4/c1-4-7-10(14)13(8-11(15)17-5-2)9-12(16)18-6-3;1-3-12-7(10)5-9-6-8(11)13-4-2;1-2-3-4(5)6;/h4-9H2,1-3H3;9H,3-6H2,1-2H3;2-3H2,1H3,(H,5,6);1H4. The first-order chi connectivity index (χ1) is 17.5. The fraction of sp³-hybridized carbons (Fsp3) is 0.760. The van der Waals surface area contributed by atoms with E-state index in [1.165, 1.54) is 4.90 Å². The van der Waals surface area contributed by atoms with Gasteiger partial charge in [0, 0.05) is 12.8 Å². The molecule has 13 nitrogen and oxygen atoms in total.